The molecule has 25 heavy (non-hydrogen) atoms. The van der Waals surface area contributed by atoms with Crippen LogP contribution in [0.1, 0.15) is 16.1 Å². The Labute approximate surface area is 166 Å². The zero-order valence-corrected chi connectivity index (χ0v) is 16.6. The minimum Gasteiger partial charge on any atom is -0.320 e. The fourth-order valence-corrected chi connectivity index (χ4v) is 5.71. The summed E-state index contributed by atoms with van der Waals surface area (Å²) in [6, 6.07) is 8.91. The van der Waals surface area contributed by atoms with Gasteiger partial charge in [-0.2, -0.15) is 8.78 Å². The van der Waals surface area contributed by atoms with Gasteiger partial charge in [-0.05, 0) is 30.0 Å². The van der Waals surface area contributed by atoms with E-state index in [-0.39, 0.29) is 21.6 Å². The molecule has 2 aromatic rings. The summed E-state index contributed by atoms with van der Waals surface area (Å²) in [5, 5.41) is 4.45. The van der Waals surface area contributed by atoms with Crippen molar-refractivity contribution in [3.05, 3.63) is 40.6 Å². The van der Waals surface area contributed by atoms with Crippen LogP contribution in [0.25, 0.3) is 0 Å². The van der Waals surface area contributed by atoms with Crippen molar-refractivity contribution in [2.24, 2.45) is 5.92 Å². The predicted molar refractivity (Wildman–Crippen MR) is 104 cm³/mol. The molecule has 0 spiro atoms. The number of carbonyl (C=O) groups is 1. The van der Waals surface area contributed by atoms with Gasteiger partial charge in [0.05, 0.1) is 5.69 Å². The number of anilines is 1. The van der Waals surface area contributed by atoms with Crippen LogP contribution in [-0.2, 0) is 0 Å². The largest absolute Gasteiger partial charge is 0.320 e. The van der Waals surface area contributed by atoms with Crippen LogP contribution in [0, 0.1) is 5.92 Å². The van der Waals surface area contributed by atoms with Gasteiger partial charge in [0.1, 0.15) is 9.21 Å². The zero-order chi connectivity index (χ0) is 18.0. The first-order valence-electron chi connectivity index (χ1n) is 7.30. The van der Waals surface area contributed by atoms with E-state index in [1.165, 1.54) is 6.07 Å². The van der Waals surface area contributed by atoms with E-state index in [0.29, 0.717) is 17.4 Å². The summed E-state index contributed by atoms with van der Waals surface area (Å²) in [4.78, 5) is 13.9. The SMILES string of the molecule is O=C(Nc1ccccc1SCC1CC1(Cl)Cl)c1sccc1SC(F)F. The summed E-state index contributed by atoms with van der Waals surface area (Å²) in [6.45, 7) is 0. The molecule has 1 unspecified atom stereocenters. The highest BCUT2D eigenvalue weighted by molar-refractivity contribution is 8.00. The second kappa shape index (κ2) is 8.05. The van der Waals surface area contributed by atoms with Crippen molar-refractivity contribution in [2.75, 3.05) is 11.1 Å². The van der Waals surface area contributed by atoms with Gasteiger partial charge >= 0.3 is 0 Å². The Kier molecular flexibility index (Phi) is 6.21. The Morgan fingerprint density at radius 1 is 1.32 bits per heavy atom. The van der Waals surface area contributed by atoms with Crippen LogP contribution < -0.4 is 5.32 Å². The minimum absolute atomic E-state index is 0.232. The number of carbonyl (C=O) groups excluding carboxylic acids is 1. The summed E-state index contributed by atoms with van der Waals surface area (Å²) in [5.74, 6) is -1.96. The second-order valence-corrected chi connectivity index (χ2v) is 9.97. The number of alkyl halides is 4. The number of hydrogen-bond acceptors (Lipinski definition) is 4. The van der Waals surface area contributed by atoms with E-state index in [1.807, 2.05) is 18.2 Å². The lowest BCUT2D eigenvalue weighted by molar-refractivity contribution is 0.102. The molecule has 0 saturated heterocycles. The van der Waals surface area contributed by atoms with E-state index in [9.17, 15) is 13.6 Å². The second-order valence-electron chi connectivity index (χ2n) is 5.42. The Hall–Kier alpha value is -0.470. The molecule has 0 aliphatic heterocycles. The zero-order valence-electron chi connectivity index (χ0n) is 12.7. The fraction of sp³-hybridized carbons (Fsp3) is 0.312. The monoisotopic (exact) mass is 439 g/mol. The maximum atomic E-state index is 12.6. The van der Waals surface area contributed by atoms with Gasteiger partial charge in [-0.3, -0.25) is 4.79 Å². The molecule has 1 atom stereocenters. The van der Waals surface area contributed by atoms with E-state index < -0.39 is 10.1 Å². The average molecular weight is 440 g/mol. The van der Waals surface area contributed by atoms with Crippen LogP contribution >= 0.6 is 58.1 Å². The van der Waals surface area contributed by atoms with Crippen molar-refractivity contribution in [3.8, 4) is 0 Å². The maximum Gasteiger partial charge on any atom is 0.288 e. The molecule has 1 heterocycles. The smallest absolute Gasteiger partial charge is 0.288 e. The molecule has 1 aliphatic carbocycles. The molecule has 1 aliphatic rings. The number of amides is 1. The Morgan fingerprint density at radius 3 is 2.72 bits per heavy atom. The number of hydrogen-bond donors (Lipinski definition) is 1. The van der Waals surface area contributed by atoms with Gasteiger partial charge in [0.2, 0.25) is 0 Å². The third-order valence-electron chi connectivity index (χ3n) is 3.58. The summed E-state index contributed by atoms with van der Waals surface area (Å²) in [6.07, 6.45) is 0.765. The van der Waals surface area contributed by atoms with Crippen molar-refractivity contribution < 1.29 is 13.6 Å². The third kappa shape index (κ3) is 5.04. The molecule has 1 fully saturated rings. The highest BCUT2D eigenvalue weighted by Crippen LogP contribution is 2.55. The van der Waals surface area contributed by atoms with Crippen molar-refractivity contribution in [2.45, 2.75) is 26.3 Å². The first-order valence-corrected chi connectivity index (χ1v) is 10.8. The summed E-state index contributed by atoms with van der Waals surface area (Å²) < 4.78 is 24.5. The maximum absolute atomic E-state index is 12.6. The van der Waals surface area contributed by atoms with E-state index in [4.69, 9.17) is 23.2 Å². The molecular weight excluding hydrogens is 427 g/mol. The van der Waals surface area contributed by atoms with Crippen molar-refractivity contribution in [1.29, 1.82) is 0 Å². The van der Waals surface area contributed by atoms with Gasteiger partial charge < -0.3 is 5.32 Å². The molecule has 1 aromatic carbocycles. The van der Waals surface area contributed by atoms with Crippen LogP contribution in [0.3, 0.4) is 0 Å². The number of rotatable bonds is 7. The highest BCUT2D eigenvalue weighted by atomic mass is 35.5. The van der Waals surface area contributed by atoms with Crippen LogP contribution in [0.4, 0.5) is 14.5 Å². The Balaban J connectivity index is 1.68. The predicted octanol–water partition coefficient (Wildman–Crippen LogP) is 6.60. The molecule has 0 bridgehead atoms. The minimum atomic E-state index is -2.56. The molecule has 134 valence electrons. The molecule has 0 radical (unpaired) electrons. The summed E-state index contributed by atoms with van der Waals surface area (Å²) >= 11 is 15.2. The third-order valence-corrected chi connectivity index (χ3v) is 7.56. The number of nitrogens with one attached hydrogen (secondary N) is 1. The van der Waals surface area contributed by atoms with Gasteiger partial charge in [-0.15, -0.1) is 46.3 Å². The summed E-state index contributed by atoms with van der Waals surface area (Å²) in [7, 11) is 0. The van der Waals surface area contributed by atoms with Crippen molar-refractivity contribution in [1.82, 2.24) is 0 Å². The van der Waals surface area contributed by atoms with Crippen LogP contribution in [0.2, 0.25) is 0 Å². The number of para-hydroxylation sites is 1. The standard InChI is InChI=1S/C16H13Cl2F2NOS3/c17-16(18)7-9(16)8-24-11-4-2-1-3-10(11)21-14(22)13-12(5-6-23-13)25-15(19)20/h1-6,9,15H,7-8H2,(H,21,22). The Bertz CT molecular complexity index is 769. The van der Waals surface area contributed by atoms with E-state index in [0.717, 1.165) is 28.4 Å². The van der Waals surface area contributed by atoms with Crippen LogP contribution in [0.15, 0.2) is 45.5 Å². The number of halogens is 4. The van der Waals surface area contributed by atoms with E-state index in [2.05, 4.69) is 5.32 Å². The first-order chi connectivity index (χ1) is 11.9. The average Bonchev–Trinajstić information content (AvgIpc) is 2.93. The normalized spacial score (nSPS) is 18.4. The lowest BCUT2D eigenvalue weighted by Gasteiger charge is -2.11. The van der Waals surface area contributed by atoms with E-state index in [1.54, 1.807) is 23.2 Å². The van der Waals surface area contributed by atoms with Gasteiger partial charge in [-0.25, -0.2) is 0 Å². The quantitative estimate of drug-likeness (QED) is 0.389. The molecule has 3 rings (SSSR count). The first kappa shape index (κ1) is 19.3. The van der Waals surface area contributed by atoms with Gasteiger partial charge in [0.15, 0.2) is 0 Å². The lowest BCUT2D eigenvalue weighted by Crippen LogP contribution is -2.12. The number of benzene rings is 1. The molecule has 1 N–H and O–H groups in total. The van der Waals surface area contributed by atoms with Gasteiger partial charge in [0.25, 0.3) is 11.7 Å². The summed E-state index contributed by atoms with van der Waals surface area (Å²) in [5.41, 5.74) is 0.647. The molecular formula is C16H13Cl2F2NOS3. The Morgan fingerprint density at radius 2 is 2.04 bits per heavy atom. The topological polar surface area (TPSA) is 29.1 Å². The molecule has 1 aromatic heterocycles. The van der Waals surface area contributed by atoms with Gasteiger partial charge in [-0.1, -0.05) is 23.9 Å². The van der Waals surface area contributed by atoms with Crippen molar-refractivity contribution in [3.63, 3.8) is 0 Å². The lowest BCUT2D eigenvalue weighted by atomic mass is 10.3. The van der Waals surface area contributed by atoms with E-state index >= 15 is 0 Å². The van der Waals surface area contributed by atoms with Gasteiger partial charge in [0, 0.05) is 21.5 Å². The van der Waals surface area contributed by atoms with Crippen LogP contribution in [-0.4, -0.2) is 21.8 Å². The fourth-order valence-electron chi connectivity index (χ4n) is 2.17. The number of thioether (sulfide) groups is 2. The van der Waals surface area contributed by atoms with Crippen molar-refractivity contribution >= 4 is 69.7 Å². The molecule has 1 amide bonds. The van der Waals surface area contributed by atoms with Crippen LogP contribution in [0.5, 0.6) is 0 Å². The molecule has 1 saturated carbocycles. The highest BCUT2D eigenvalue weighted by Gasteiger charge is 2.51. The number of thiophene rings is 1. The molecule has 9 heteroatoms. The molecule has 2 nitrogen and oxygen atoms in total.